The van der Waals surface area contributed by atoms with Crippen molar-refractivity contribution in [3.8, 4) is 0 Å². The van der Waals surface area contributed by atoms with Crippen LogP contribution in [0.5, 0.6) is 0 Å². The van der Waals surface area contributed by atoms with Gasteiger partial charge in [0, 0.05) is 12.8 Å². The highest BCUT2D eigenvalue weighted by Crippen LogP contribution is 2.19. The molecule has 0 bridgehead atoms. The van der Waals surface area contributed by atoms with Gasteiger partial charge in [0.05, 0.1) is 34.4 Å². The molecule has 0 radical (unpaired) electrons. The minimum Gasteiger partial charge on any atom is -0.477 e. The van der Waals surface area contributed by atoms with Gasteiger partial charge < -0.3 is 28.5 Å². The predicted molar refractivity (Wildman–Crippen MR) is 447 cm³/mol. The van der Waals surface area contributed by atoms with Crippen LogP contribution >= 0.6 is 0 Å². The van der Waals surface area contributed by atoms with Crippen molar-refractivity contribution in [2.75, 3.05) is 47.5 Å². The number of esters is 2. The van der Waals surface area contributed by atoms with Crippen molar-refractivity contribution in [2.45, 2.75) is 386 Å². The fraction of sp³-hybridized carbons (Fsp3) is 0.713. The van der Waals surface area contributed by atoms with Gasteiger partial charge in [0.25, 0.3) is 6.29 Å². The monoisotopic (exact) mass is 1430 g/mol. The van der Waals surface area contributed by atoms with Crippen molar-refractivity contribution in [1.82, 2.24) is 0 Å². The molecule has 0 saturated carbocycles. The van der Waals surface area contributed by atoms with Gasteiger partial charge in [0.1, 0.15) is 13.2 Å². The number of hydrogen-bond acceptors (Lipinski definition) is 7. The summed E-state index contributed by atoms with van der Waals surface area (Å²) >= 11 is 0. The van der Waals surface area contributed by atoms with Crippen molar-refractivity contribution in [2.24, 2.45) is 0 Å². The smallest absolute Gasteiger partial charge is 0.361 e. The highest BCUT2D eigenvalue weighted by molar-refractivity contribution is 5.71. The molecule has 1 N–H and O–H groups in total. The Morgan fingerprint density at radius 3 is 0.825 bits per heavy atom. The first-order valence-electron chi connectivity index (χ1n) is 43.0. The van der Waals surface area contributed by atoms with E-state index in [9.17, 15) is 19.5 Å². The van der Waals surface area contributed by atoms with Crippen LogP contribution in [0.4, 0.5) is 0 Å². The Bertz CT molecular complexity index is 2220. The second kappa shape index (κ2) is 82.8. The lowest BCUT2D eigenvalue weighted by atomic mass is 10.0. The largest absolute Gasteiger partial charge is 0.477 e. The lowest BCUT2D eigenvalue weighted by Gasteiger charge is -2.25. The Morgan fingerprint density at radius 1 is 0.301 bits per heavy atom. The van der Waals surface area contributed by atoms with Gasteiger partial charge in [-0.3, -0.25) is 9.59 Å². The van der Waals surface area contributed by atoms with E-state index in [4.69, 9.17) is 18.9 Å². The summed E-state index contributed by atoms with van der Waals surface area (Å²) in [4.78, 5) is 37.8. The zero-order valence-corrected chi connectivity index (χ0v) is 67.7. The quantitative estimate of drug-likeness (QED) is 0.0211. The van der Waals surface area contributed by atoms with E-state index in [-0.39, 0.29) is 32.2 Å². The number of hydrogen-bond donors (Lipinski definition) is 1. The standard InChI is InChI=1S/C94H161NO8/c1-6-8-10-12-14-16-18-20-22-24-26-28-30-32-34-36-38-40-42-44-45-46-47-49-51-53-55-57-59-61-63-65-67-69-71-73-75-77-79-81-83-85-92(97)103-90(89-102-94(93(98)99)100-87-86-95(3,4)5)88-101-91(96)84-82-80-78-76-74-72-70-68-66-64-62-60-58-56-54-52-50-48-43-41-39-37-35-33-31-29-27-25-23-21-19-17-15-13-11-9-7-2/h8,10,14,16,19-22,25-28,31-34,38,40,44-45,47,49,53,55,90,94H,6-7,9,11-13,15,17-18,23-24,29-30,35-37,39,41-43,46,48,50-52,54,56-89H2,1-5H3/p+1/b10-8-,16-14-,21-19-,22-20-,27-25-,28-26-,33-31-,34-32-,40-38-,45-44-,49-47-,55-53-. The molecule has 0 aliphatic carbocycles. The molecule has 9 heteroatoms. The van der Waals surface area contributed by atoms with Crippen LogP contribution in [-0.2, 0) is 33.3 Å². The third kappa shape index (κ3) is 84.3. The summed E-state index contributed by atoms with van der Waals surface area (Å²) in [6.07, 6.45) is 119. The second-order valence-corrected chi connectivity index (χ2v) is 29.8. The second-order valence-electron chi connectivity index (χ2n) is 29.8. The fourth-order valence-corrected chi connectivity index (χ4v) is 12.1. The predicted octanol–water partition coefficient (Wildman–Crippen LogP) is 28.2. The number of allylic oxidation sites excluding steroid dienone is 24. The van der Waals surface area contributed by atoms with E-state index in [1.165, 1.54) is 231 Å². The zero-order chi connectivity index (χ0) is 74.6. The average Bonchev–Trinajstić information content (AvgIpc) is 1.01. The first kappa shape index (κ1) is 98.2. The lowest BCUT2D eigenvalue weighted by molar-refractivity contribution is -0.870. The number of carboxylic acids is 1. The van der Waals surface area contributed by atoms with Crippen molar-refractivity contribution < 1.29 is 42.9 Å². The Hall–Kier alpha value is -4.83. The van der Waals surface area contributed by atoms with E-state index in [0.29, 0.717) is 23.9 Å². The molecule has 0 rings (SSSR count). The number of nitrogens with zero attached hydrogens (tertiary/aromatic N) is 1. The van der Waals surface area contributed by atoms with Crippen LogP contribution in [0, 0.1) is 0 Å². The Balaban J connectivity index is 4.02. The molecule has 0 fully saturated rings. The van der Waals surface area contributed by atoms with Crippen molar-refractivity contribution in [1.29, 1.82) is 0 Å². The number of aliphatic carboxylic acids is 1. The summed E-state index contributed by atoms with van der Waals surface area (Å²) in [5.41, 5.74) is 0. The molecule has 0 amide bonds. The molecule has 0 aromatic rings. The summed E-state index contributed by atoms with van der Waals surface area (Å²) in [6, 6.07) is 0. The van der Waals surface area contributed by atoms with Crippen LogP contribution in [-0.4, -0.2) is 87.4 Å². The maximum Gasteiger partial charge on any atom is 0.361 e. The van der Waals surface area contributed by atoms with Crippen molar-refractivity contribution in [3.05, 3.63) is 146 Å². The maximum absolute atomic E-state index is 13.0. The van der Waals surface area contributed by atoms with E-state index in [2.05, 4.69) is 160 Å². The minimum absolute atomic E-state index is 0.184. The molecule has 9 nitrogen and oxygen atoms in total. The van der Waals surface area contributed by atoms with E-state index < -0.39 is 24.3 Å². The van der Waals surface area contributed by atoms with Crippen LogP contribution in [0.15, 0.2) is 146 Å². The lowest BCUT2D eigenvalue weighted by Crippen LogP contribution is -2.40. The molecule has 590 valence electrons. The number of ether oxygens (including phenoxy) is 4. The summed E-state index contributed by atoms with van der Waals surface area (Å²) in [5.74, 6) is -1.99. The van der Waals surface area contributed by atoms with Crippen LogP contribution in [0.2, 0.25) is 0 Å². The van der Waals surface area contributed by atoms with Crippen molar-refractivity contribution >= 4 is 17.9 Å². The molecule has 2 unspecified atom stereocenters. The molecule has 0 saturated heterocycles. The molecule has 0 heterocycles. The molecule has 0 spiro atoms. The number of unbranched alkanes of at least 4 members (excludes halogenated alkanes) is 40. The summed E-state index contributed by atoms with van der Waals surface area (Å²) < 4.78 is 23.1. The summed E-state index contributed by atoms with van der Waals surface area (Å²) in [5, 5.41) is 9.79. The summed E-state index contributed by atoms with van der Waals surface area (Å²) in [7, 11) is 5.99. The average molecular weight is 1430 g/mol. The summed E-state index contributed by atoms with van der Waals surface area (Å²) in [6.45, 7) is 4.78. The first-order valence-corrected chi connectivity index (χ1v) is 43.0. The topological polar surface area (TPSA) is 108 Å². The van der Waals surface area contributed by atoms with Gasteiger partial charge in [0.2, 0.25) is 0 Å². The Kier molecular flexibility index (Phi) is 78.9. The zero-order valence-electron chi connectivity index (χ0n) is 67.7. The van der Waals surface area contributed by atoms with Gasteiger partial charge >= 0.3 is 17.9 Å². The van der Waals surface area contributed by atoms with Crippen LogP contribution in [0.1, 0.15) is 373 Å². The van der Waals surface area contributed by atoms with E-state index in [1.807, 2.05) is 21.1 Å². The van der Waals surface area contributed by atoms with Crippen LogP contribution in [0.3, 0.4) is 0 Å². The molecular weight excluding hydrogens is 1270 g/mol. The van der Waals surface area contributed by atoms with E-state index >= 15 is 0 Å². The number of likely N-dealkylation sites (N-methyl/N-ethyl adjacent to an activating group) is 1. The molecule has 2 atom stereocenters. The number of carboxylic acid groups (broad SMARTS) is 1. The third-order valence-corrected chi connectivity index (χ3v) is 18.6. The number of quaternary nitrogens is 1. The van der Waals surface area contributed by atoms with Gasteiger partial charge in [-0.2, -0.15) is 0 Å². The molecule has 103 heavy (non-hydrogen) atoms. The van der Waals surface area contributed by atoms with Crippen molar-refractivity contribution in [3.63, 3.8) is 0 Å². The van der Waals surface area contributed by atoms with Gasteiger partial charge in [-0.15, -0.1) is 0 Å². The fourth-order valence-electron chi connectivity index (χ4n) is 12.1. The third-order valence-electron chi connectivity index (χ3n) is 18.6. The van der Waals surface area contributed by atoms with Gasteiger partial charge in [0.15, 0.2) is 6.10 Å². The molecule has 0 aromatic carbocycles. The Labute approximate surface area is 636 Å². The normalized spacial score (nSPS) is 13.4. The molecule has 0 aromatic heterocycles. The molecule has 0 aliphatic rings. The van der Waals surface area contributed by atoms with Gasteiger partial charge in [-0.1, -0.05) is 384 Å². The first-order chi connectivity index (χ1) is 50.6. The highest BCUT2D eigenvalue weighted by Gasteiger charge is 2.25. The minimum atomic E-state index is -1.52. The van der Waals surface area contributed by atoms with E-state index in [0.717, 1.165) is 109 Å². The number of carbonyl (C=O) groups is 3. The van der Waals surface area contributed by atoms with Gasteiger partial charge in [-0.05, 0) is 122 Å². The maximum atomic E-state index is 13.0. The number of carbonyl (C=O) groups excluding carboxylic acids is 2. The molecule has 0 aliphatic heterocycles. The SMILES string of the molecule is CC/C=C\C/C=C\C/C=C\C/C=C\C/C=C\C/C=C\C/C=C\C/C=C\C/C=C\CCCCCCCCCCCCCCCC(=O)OC(COC(=O)CCCCCCCCCCCCCCCCCCCCCCCC/C=C\C/C=C\C/C=C\CCCCCCC)COC(OCC[N+](C)(C)C)C(=O)O. The van der Waals surface area contributed by atoms with Crippen LogP contribution in [0.25, 0.3) is 0 Å². The van der Waals surface area contributed by atoms with E-state index in [1.54, 1.807) is 0 Å². The van der Waals surface area contributed by atoms with Gasteiger partial charge in [-0.25, -0.2) is 4.79 Å². The molecular formula is C94H162NO8+. The van der Waals surface area contributed by atoms with Crippen LogP contribution < -0.4 is 0 Å². The Morgan fingerprint density at radius 2 is 0.553 bits per heavy atom. The highest BCUT2D eigenvalue weighted by atomic mass is 16.7. The number of rotatable bonds is 79.